The second-order valence-corrected chi connectivity index (χ2v) is 2.70. The second-order valence-electron chi connectivity index (χ2n) is 2.52. The first-order valence-electron chi connectivity index (χ1n) is 3.55. The van der Waals surface area contributed by atoms with Crippen molar-refractivity contribution in [1.82, 2.24) is 0 Å². The molecular formula is C7H11NOS. The largest absolute Gasteiger partial charge is 0.381 e. The van der Waals surface area contributed by atoms with E-state index in [2.05, 4.69) is 22.4 Å². The molecule has 1 aliphatic heterocycles. The van der Waals surface area contributed by atoms with E-state index in [0.29, 0.717) is 5.92 Å². The minimum atomic E-state index is 0.587. The number of hydrogen-bond acceptors (Lipinski definition) is 3. The van der Waals surface area contributed by atoms with Gasteiger partial charge in [-0.05, 0) is 25.1 Å². The normalized spacial score (nSPS) is 25.4. The lowest BCUT2D eigenvalue weighted by Gasteiger charge is -2.19. The Morgan fingerprint density at radius 3 is 3.20 bits per heavy atom. The summed E-state index contributed by atoms with van der Waals surface area (Å²) in [6.07, 6.45) is 2.39. The SMILES string of the molecule is S=C=NC[C@@H]1CCCOC1. The summed E-state index contributed by atoms with van der Waals surface area (Å²) >= 11 is 4.46. The van der Waals surface area contributed by atoms with Crippen LogP contribution in [-0.2, 0) is 4.74 Å². The van der Waals surface area contributed by atoms with E-state index in [9.17, 15) is 0 Å². The summed E-state index contributed by atoms with van der Waals surface area (Å²) in [6.45, 7) is 2.56. The third-order valence-corrected chi connectivity index (χ3v) is 1.80. The Bertz CT molecular complexity index is 137. The maximum absolute atomic E-state index is 5.26. The molecule has 0 aromatic rings. The number of aliphatic imine (C=N–C) groups is 1. The maximum Gasteiger partial charge on any atom is 0.0585 e. The lowest BCUT2D eigenvalue weighted by Crippen LogP contribution is -2.19. The van der Waals surface area contributed by atoms with Gasteiger partial charge in [0.1, 0.15) is 0 Å². The van der Waals surface area contributed by atoms with Crippen molar-refractivity contribution < 1.29 is 4.74 Å². The molecule has 1 saturated heterocycles. The molecule has 1 fully saturated rings. The van der Waals surface area contributed by atoms with Crippen LogP contribution < -0.4 is 0 Å². The monoisotopic (exact) mass is 157 g/mol. The Labute approximate surface area is 66.3 Å². The van der Waals surface area contributed by atoms with Crippen molar-refractivity contribution in [1.29, 1.82) is 0 Å². The zero-order valence-corrected chi connectivity index (χ0v) is 6.69. The van der Waals surface area contributed by atoms with Gasteiger partial charge in [-0.25, -0.2) is 4.99 Å². The lowest BCUT2D eigenvalue weighted by molar-refractivity contribution is 0.0583. The fourth-order valence-corrected chi connectivity index (χ4v) is 1.19. The molecule has 0 saturated carbocycles. The van der Waals surface area contributed by atoms with E-state index in [0.717, 1.165) is 26.2 Å². The summed E-state index contributed by atoms with van der Waals surface area (Å²) < 4.78 is 5.26. The van der Waals surface area contributed by atoms with Crippen molar-refractivity contribution in [3.05, 3.63) is 0 Å². The highest BCUT2D eigenvalue weighted by atomic mass is 32.1. The molecule has 3 heteroatoms. The Morgan fingerprint density at radius 2 is 2.60 bits per heavy atom. The molecule has 10 heavy (non-hydrogen) atoms. The summed E-state index contributed by atoms with van der Waals surface area (Å²) in [5.74, 6) is 0.587. The van der Waals surface area contributed by atoms with Crippen molar-refractivity contribution in [2.45, 2.75) is 12.8 Å². The van der Waals surface area contributed by atoms with Gasteiger partial charge in [0.2, 0.25) is 0 Å². The second kappa shape index (κ2) is 4.56. The van der Waals surface area contributed by atoms with E-state index < -0.39 is 0 Å². The molecule has 0 aromatic heterocycles. The molecule has 1 rings (SSSR count). The van der Waals surface area contributed by atoms with E-state index in [-0.39, 0.29) is 0 Å². The molecule has 0 bridgehead atoms. The zero-order chi connectivity index (χ0) is 7.23. The number of rotatable bonds is 2. The van der Waals surface area contributed by atoms with Crippen LogP contribution in [-0.4, -0.2) is 24.9 Å². The molecular weight excluding hydrogens is 146 g/mol. The highest BCUT2D eigenvalue weighted by Crippen LogP contribution is 2.12. The molecule has 0 aromatic carbocycles. The van der Waals surface area contributed by atoms with Crippen molar-refractivity contribution >= 4 is 17.4 Å². The first kappa shape index (κ1) is 7.86. The van der Waals surface area contributed by atoms with Crippen LogP contribution in [0.3, 0.4) is 0 Å². The first-order chi connectivity index (χ1) is 4.93. The highest BCUT2D eigenvalue weighted by molar-refractivity contribution is 7.78. The Balaban J connectivity index is 2.19. The van der Waals surface area contributed by atoms with Gasteiger partial charge in [0, 0.05) is 12.5 Å². The van der Waals surface area contributed by atoms with Crippen molar-refractivity contribution in [3.63, 3.8) is 0 Å². The predicted octanol–water partition coefficient (Wildman–Crippen LogP) is 1.52. The van der Waals surface area contributed by atoms with Gasteiger partial charge < -0.3 is 4.74 Å². The topological polar surface area (TPSA) is 21.6 Å². The Morgan fingerprint density at radius 1 is 1.70 bits per heavy atom. The van der Waals surface area contributed by atoms with E-state index in [4.69, 9.17) is 4.74 Å². The predicted molar refractivity (Wildman–Crippen MR) is 43.4 cm³/mol. The van der Waals surface area contributed by atoms with Gasteiger partial charge in [0.25, 0.3) is 0 Å². The molecule has 2 nitrogen and oxygen atoms in total. The molecule has 0 aliphatic carbocycles. The highest BCUT2D eigenvalue weighted by Gasteiger charge is 2.12. The fourth-order valence-electron chi connectivity index (χ4n) is 1.12. The number of hydrogen-bond donors (Lipinski definition) is 0. The van der Waals surface area contributed by atoms with E-state index in [1.165, 1.54) is 6.42 Å². The third-order valence-electron chi connectivity index (χ3n) is 1.67. The van der Waals surface area contributed by atoms with Gasteiger partial charge in [0.15, 0.2) is 0 Å². The first-order valence-corrected chi connectivity index (χ1v) is 3.95. The lowest BCUT2D eigenvalue weighted by atomic mass is 10.0. The number of thiocarbonyl (C=S) groups is 1. The molecule has 0 spiro atoms. The van der Waals surface area contributed by atoms with Crippen molar-refractivity contribution in [2.75, 3.05) is 19.8 Å². The molecule has 1 aliphatic rings. The number of isothiocyanates is 1. The standard InChI is InChI=1S/C7H11NOS/c10-6-8-4-7-2-1-3-9-5-7/h7H,1-5H2/t7-/m0/s1. The van der Waals surface area contributed by atoms with Gasteiger partial charge in [0.05, 0.1) is 18.3 Å². The summed E-state index contributed by atoms with van der Waals surface area (Å²) in [6, 6.07) is 0. The van der Waals surface area contributed by atoms with Gasteiger partial charge in [-0.2, -0.15) is 0 Å². The van der Waals surface area contributed by atoms with Crippen LogP contribution in [0.2, 0.25) is 0 Å². The third kappa shape index (κ3) is 2.56. The van der Waals surface area contributed by atoms with Crippen LogP contribution in [0.15, 0.2) is 4.99 Å². The summed E-state index contributed by atoms with van der Waals surface area (Å²) in [5.41, 5.74) is 0. The van der Waals surface area contributed by atoms with E-state index in [1.54, 1.807) is 0 Å². The van der Waals surface area contributed by atoms with Gasteiger partial charge in [-0.3, -0.25) is 0 Å². The van der Waals surface area contributed by atoms with Crippen LogP contribution in [0.5, 0.6) is 0 Å². The van der Waals surface area contributed by atoms with Crippen molar-refractivity contribution in [2.24, 2.45) is 10.9 Å². The summed E-state index contributed by atoms with van der Waals surface area (Å²) in [5, 5.41) is 2.37. The number of nitrogens with zero attached hydrogens (tertiary/aromatic N) is 1. The number of ether oxygens (including phenoxy) is 1. The average molecular weight is 157 g/mol. The quantitative estimate of drug-likeness (QED) is 0.447. The van der Waals surface area contributed by atoms with Crippen LogP contribution in [0.1, 0.15) is 12.8 Å². The molecule has 0 N–H and O–H groups in total. The minimum absolute atomic E-state index is 0.587. The molecule has 0 amide bonds. The van der Waals surface area contributed by atoms with Gasteiger partial charge >= 0.3 is 0 Å². The van der Waals surface area contributed by atoms with Gasteiger partial charge in [-0.1, -0.05) is 0 Å². The van der Waals surface area contributed by atoms with Crippen LogP contribution in [0.4, 0.5) is 0 Å². The van der Waals surface area contributed by atoms with Crippen LogP contribution in [0, 0.1) is 5.92 Å². The average Bonchev–Trinajstić information content (AvgIpc) is 2.03. The zero-order valence-electron chi connectivity index (χ0n) is 5.88. The van der Waals surface area contributed by atoms with Crippen LogP contribution in [0.25, 0.3) is 0 Å². The maximum atomic E-state index is 5.26. The summed E-state index contributed by atoms with van der Waals surface area (Å²) in [7, 11) is 0. The molecule has 1 atom stereocenters. The van der Waals surface area contributed by atoms with E-state index >= 15 is 0 Å². The minimum Gasteiger partial charge on any atom is -0.381 e. The smallest absolute Gasteiger partial charge is 0.0585 e. The van der Waals surface area contributed by atoms with E-state index in [1.807, 2.05) is 0 Å². The molecule has 56 valence electrons. The fraction of sp³-hybridized carbons (Fsp3) is 0.857. The Hall–Kier alpha value is -0.240. The van der Waals surface area contributed by atoms with Crippen LogP contribution >= 0.6 is 12.2 Å². The molecule has 0 unspecified atom stereocenters. The summed E-state index contributed by atoms with van der Waals surface area (Å²) in [4.78, 5) is 3.88. The molecule has 1 heterocycles. The molecule has 0 radical (unpaired) electrons. The van der Waals surface area contributed by atoms with Gasteiger partial charge in [-0.15, -0.1) is 0 Å². The Kier molecular flexibility index (Phi) is 3.58. The van der Waals surface area contributed by atoms with Crippen molar-refractivity contribution in [3.8, 4) is 0 Å².